The Bertz CT molecular complexity index is 662. The largest absolute Gasteiger partial charge is 0.464 e. The van der Waals surface area contributed by atoms with Gasteiger partial charge < -0.3 is 15.4 Å². The molecule has 116 valence electrons. The van der Waals surface area contributed by atoms with Crippen LogP contribution in [0.3, 0.4) is 0 Å². The van der Waals surface area contributed by atoms with Gasteiger partial charge in [0.15, 0.2) is 5.78 Å². The van der Waals surface area contributed by atoms with Crippen LogP contribution in [0.2, 0.25) is 0 Å². The average Bonchev–Trinajstić information content (AvgIpc) is 2.72. The summed E-state index contributed by atoms with van der Waals surface area (Å²) in [5.74, 6) is -0.545. The molecule has 2 rings (SSSR count). The number of methoxy groups -OCH3 is 1. The molecule has 0 heterocycles. The predicted octanol–water partition coefficient (Wildman–Crippen LogP) is 2.37. The van der Waals surface area contributed by atoms with Crippen molar-refractivity contribution in [3.8, 4) is 0 Å². The Balaban J connectivity index is 2.60. The number of carbonyl (C=O) groups excluding carboxylic acids is 2. The van der Waals surface area contributed by atoms with Crippen LogP contribution in [0.15, 0.2) is 48.9 Å². The summed E-state index contributed by atoms with van der Waals surface area (Å²) in [6.07, 6.45) is 2.67. The number of nitrogens with two attached hydrogens (primary N) is 1. The van der Waals surface area contributed by atoms with Crippen LogP contribution in [-0.4, -0.2) is 23.8 Å². The van der Waals surface area contributed by atoms with Gasteiger partial charge >= 0.3 is 5.97 Å². The fourth-order valence-electron chi connectivity index (χ4n) is 3.01. The maximum Gasteiger partial charge on any atom is 0.356 e. The lowest BCUT2D eigenvalue weighted by Gasteiger charge is -2.36. The van der Waals surface area contributed by atoms with E-state index in [0.717, 1.165) is 5.56 Å². The van der Waals surface area contributed by atoms with Crippen LogP contribution in [0.25, 0.3) is 0 Å². The van der Waals surface area contributed by atoms with E-state index in [4.69, 9.17) is 10.5 Å². The number of esters is 1. The van der Waals surface area contributed by atoms with Crippen molar-refractivity contribution in [1.82, 2.24) is 4.90 Å². The van der Waals surface area contributed by atoms with Crippen LogP contribution in [0.5, 0.6) is 0 Å². The van der Waals surface area contributed by atoms with E-state index in [1.807, 2.05) is 32.0 Å². The summed E-state index contributed by atoms with van der Waals surface area (Å²) in [7, 11) is 1.28. The van der Waals surface area contributed by atoms with Gasteiger partial charge in [0.1, 0.15) is 5.70 Å². The Labute approximate surface area is 130 Å². The van der Waals surface area contributed by atoms with E-state index in [1.54, 1.807) is 11.0 Å². The van der Waals surface area contributed by atoms with Crippen LogP contribution >= 0.6 is 0 Å². The summed E-state index contributed by atoms with van der Waals surface area (Å²) in [5.41, 5.74) is 6.54. The Kier molecular flexibility index (Phi) is 4.08. The smallest absolute Gasteiger partial charge is 0.356 e. The minimum atomic E-state index is -0.722. The predicted molar refractivity (Wildman–Crippen MR) is 83.6 cm³/mol. The van der Waals surface area contributed by atoms with Gasteiger partial charge in [-0.2, -0.15) is 0 Å². The summed E-state index contributed by atoms with van der Waals surface area (Å²) in [6.45, 7) is 7.46. The molecular formula is C17H20N2O3. The molecule has 1 unspecified atom stereocenters. The Morgan fingerprint density at radius 2 is 2.05 bits per heavy atom. The number of carbonyl (C=O) groups is 2. The molecule has 22 heavy (non-hydrogen) atoms. The maximum atomic E-state index is 12.7. The van der Waals surface area contributed by atoms with Crippen LogP contribution < -0.4 is 5.73 Å². The highest BCUT2D eigenvalue weighted by Gasteiger charge is 2.49. The first-order valence-corrected chi connectivity index (χ1v) is 6.95. The highest BCUT2D eigenvalue weighted by Crippen LogP contribution is 2.49. The van der Waals surface area contributed by atoms with Gasteiger partial charge in [-0.05, 0) is 11.8 Å². The summed E-state index contributed by atoms with van der Waals surface area (Å²) in [5, 5.41) is 0. The SMILES string of the molecule is C=CN(/C(=C\N)C(=O)OC)C1c2ccccc2C(=O)C1(C)C. The molecule has 0 aliphatic heterocycles. The first kappa shape index (κ1) is 15.8. The Morgan fingerprint density at radius 3 is 2.59 bits per heavy atom. The van der Waals surface area contributed by atoms with E-state index in [-0.39, 0.29) is 17.5 Å². The number of ketones is 1. The number of fused-ring (bicyclic) bond motifs is 1. The first-order chi connectivity index (χ1) is 10.4. The van der Waals surface area contributed by atoms with E-state index < -0.39 is 11.4 Å². The van der Waals surface area contributed by atoms with Crippen molar-refractivity contribution in [1.29, 1.82) is 0 Å². The van der Waals surface area contributed by atoms with Crippen LogP contribution in [0.1, 0.15) is 35.8 Å². The quantitative estimate of drug-likeness (QED) is 0.682. The highest BCUT2D eigenvalue weighted by molar-refractivity contribution is 6.05. The van der Waals surface area contributed by atoms with Crippen LogP contribution in [-0.2, 0) is 9.53 Å². The van der Waals surface area contributed by atoms with E-state index in [0.29, 0.717) is 5.56 Å². The fourth-order valence-corrected chi connectivity index (χ4v) is 3.01. The van der Waals surface area contributed by atoms with Crippen molar-refractivity contribution in [2.45, 2.75) is 19.9 Å². The minimum Gasteiger partial charge on any atom is -0.464 e. The third kappa shape index (κ3) is 2.19. The van der Waals surface area contributed by atoms with Gasteiger partial charge in [-0.25, -0.2) is 4.79 Å². The molecule has 1 aliphatic rings. The third-order valence-electron chi connectivity index (χ3n) is 4.07. The summed E-state index contributed by atoms with van der Waals surface area (Å²) < 4.78 is 4.77. The van der Waals surface area contributed by atoms with Crippen molar-refractivity contribution in [2.24, 2.45) is 11.1 Å². The van der Waals surface area contributed by atoms with Gasteiger partial charge in [-0.3, -0.25) is 4.79 Å². The molecule has 0 aromatic heterocycles. The lowest BCUT2D eigenvalue weighted by Crippen LogP contribution is -2.37. The Hall–Kier alpha value is -2.56. The van der Waals surface area contributed by atoms with Crippen molar-refractivity contribution in [3.63, 3.8) is 0 Å². The van der Waals surface area contributed by atoms with Crippen molar-refractivity contribution in [2.75, 3.05) is 7.11 Å². The number of benzene rings is 1. The number of hydrogen-bond donors (Lipinski definition) is 1. The number of hydrogen-bond acceptors (Lipinski definition) is 5. The van der Waals surface area contributed by atoms with Crippen LogP contribution in [0.4, 0.5) is 0 Å². The van der Waals surface area contributed by atoms with Gasteiger partial charge in [0, 0.05) is 11.8 Å². The van der Waals surface area contributed by atoms with Gasteiger partial charge in [-0.15, -0.1) is 0 Å². The number of ether oxygens (including phenoxy) is 1. The molecule has 0 fully saturated rings. The second-order valence-electron chi connectivity index (χ2n) is 5.67. The molecule has 5 heteroatoms. The molecular weight excluding hydrogens is 280 g/mol. The maximum absolute atomic E-state index is 12.7. The van der Waals surface area contributed by atoms with E-state index in [1.165, 1.54) is 19.5 Å². The van der Waals surface area contributed by atoms with Gasteiger partial charge in [-0.1, -0.05) is 44.7 Å². The van der Waals surface area contributed by atoms with E-state index in [9.17, 15) is 9.59 Å². The molecule has 0 saturated heterocycles. The second kappa shape index (κ2) is 5.67. The van der Waals surface area contributed by atoms with E-state index >= 15 is 0 Å². The lowest BCUT2D eigenvalue weighted by molar-refractivity contribution is -0.138. The molecule has 0 bridgehead atoms. The third-order valence-corrected chi connectivity index (χ3v) is 4.07. The summed E-state index contributed by atoms with van der Waals surface area (Å²) in [4.78, 5) is 26.2. The molecule has 1 aromatic rings. The van der Waals surface area contributed by atoms with E-state index in [2.05, 4.69) is 6.58 Å². The average molecular weight is 300 g/mol. The normalized spacial score (nSPS) is 19.5. The van der Waals surface area contributed by atoms with Crippen molar-refractivity contribution in [3.05, 3.63) is 60.1 Å². The summed E-state index contributed by atoms with van der Waals surface area (Å²) in [6, 6.07) is 7.00. The Morgan fingerprint density at radius 1 is 1.41 bits per heavy atom. The van der Waals surface area contributed by atoms with Gasteiger partial charge in [0.05, 0.1) is 18.6 Å². The number of Topliss-reactive ketones (excluding diaryl/α,β-unsaturated/α-hetero) is 1. The molecule has 0 amide bonds. The molecule has 1 aromatic carbocycles. The molecule has 0 radical (unpaired) electrons. The number of nitrogens with zero attached hydrogens (tertiary/aromatic N) is 1. The monoisotopic (exact) mass is 300 g/mol. The molecule has 2 N–H and O–H groups in total. The zero-order chi connectivity index (χ0) is 16.5. The zero-order valence-corrected chi connectivity index (χ0v) is 13.0. The first-order valence-electron chi connectivity index (χ1n) is 6.95. The molecule has 0 spiro atoms. The molecule has 5 nitrogen and oxygen atoms in total. The highest BCUT2D eigenvalue weighted by atomic mass is 16.5. The number of rotatable bonds is 4. The summed E-state index contributed by atoms with van der Waals surface area (Å²) >= 11 is 0. The topological polar surface area (TPSA) is 72.6 Å². The zero-order valence-electron chi connectivity index (χ0n) is 13.0. The van der Waals surface area contributed by atoms with Gasteiger partial charge in [0.25, 0.3) is 0 Å². The lowest BCUT2D eigenvalue weighted by atomic mass is 9.83. The van der Waals surface area contributed by atoms with Crippen molar-refractivity contribution < 1.29 is 14.3 Å². The standard InChI is InChI=1S/C17H20N2O3/c1-5-19(13(10-18)16(21)22-4)14-11-8-6-7-9-12(11)15(20)17(14,2)3/h5-10,14H,1,18H2,2-4H3/b13-10-. The van der Waals surface area contributed by atoms with Crippen LogP contribution in [0, 0.1) is 5.41 Å². The van der Waals surface area contributed by atoms with Gasteiger partial charge in [0.2, 0.25) is 0 Å². The van der Waals surface area contributed by atoms with Crippen molar-refractivity contribution >= 4 is 11.8 Å². The minimum absolute atomic E-state index is 0.0289. The molecule has 0 saturated carbocycles. The molecule has 1 aliphatic carbocycles. The second-order valence-corrected chi connectivity index (χ2v) is 5.67. The molecule has 1 atom stereocenters. The fraction of sp³-hybridized carbons (Fsp3) is 0.294.